The first-order valence-corrected chi connectivity index (χ1v) is 11.8. The molecule has 0 saturated carbocycles. The molecule has 3 aromatic carbocycles. The van der Waals surface area contributed by atoms with E-state index in [-0.39, 0.29) is 0 Å². The van der Waals surface area contributed by atoms with Crippen LogP contribution in [-0.2, 0) is 6.54 Å². The summed E-state index contributed by atoms with van der Waals surface area (Å²) in [5.74, 6) is 1.64. The molecule has 0 aliphatic carbocycles. The van der Waals surface area contributed by atoms with Crippen LogP contribution in [0.15, 0.2) is 83.4 Å². The summed E-state index contributed by atoms with van der Waals surface area (Å²) in [5.41, 5.74) is 3.29. The monoisotopic (exact) mass is 425 g/mol. The summed E-state index contributed by atoms with van der Waals surface area (Å²) in [4.78, 5) is 2.36. The summed E-state index contributed by atoms with van der Waals surface area (Å²) in [5, 5.41) is 10.5. The quantitative estimate of drug-likeness (QED) is 0.361. The van der Waals surface area contributed by atoms with Gasteiger partial charge in [0, 0.05) is 24.7 Å². The zero-order valence-corrected chi connectivity index (χ0v) is 18.5. The molecule has 1 saturated heterocycles. The van der Waals surface area contributed by atoms with Gasteiger partial charge in [-0.2, -0.15) is 0 Å². The minimum absolute atomic E-state index is 0.790. The lowest BCUT2D eigenvalue weighted by Crippen LogP contribution is -2.30. The van der Waals surface area contributed by atoms with Gasteiger partial charge in [-0.15, -0.1) is 0 Å². The summed E-state index contributed by atoms with van der Waals surface area (Å²) in [7, 11) is 0. The molecule has 1 fully saturated rings. The Balaban J connectivity index is 1.37. The van der Waals surface area contributed by atoms with Gasteiger partial charge in [-0.3, -0.25) is 0 Å². The lowest BCUT2D eigenvalue weighted by atomic mass is 9.94. The summed E-state index contributed by atoms with van der Waals surface area (Å²) in [6, 6.07) is 27.5. The molecule has 1 N–H and O–H groups in total. The van der Waals surface area contributed by atoms with E-state index in [9.17, 15) is 0 Å². The number of nitrogens with one attached hydrogen (secondary N) is 1. The third kappa shape index (κ3) is 4.86. The number of nitrogens with zero attached hydrogens (tertiary/aromatic N) is 2. The maximum Gasteiger partial charge on any atom is 0.228 e. The first-order valence-electron chi connectivity index (χ1n) is 11.8. The van der Waals surface area contributed by atoms with Crippen LogP contribution in [0.1, 0.15) is 31.2 Å². The highest BCUT2D eigenvalue weighted by Gasteiger charge is 2.18. The fourth-order valence-corrected chi connectivity index (χ4v) is 4.80. The van der Waals surface area contributed by atoms with Gasteiger partial charge in [0.05, 0.1) is 0 Å². The molecule has 1 unspecified atom stereocenters. The smallest absolute Gasteiger partial charge is 0.228 e. The third-order valence-electron chi connectivity index (χ3n) is 6.56. The molecule has 1 atom stereocenters. The van der Waals surface area contributed by atoms with Crippen LogP contribution < -0.4 is 10.2 Å². The Labute approximate surface area is 190 Å². The van der Waals surface area contributed by atoms with Crippen molar-refractivity contribution in [3.05, 3.63) is 84.4 Å². The van der Waals surface area contributed by atoms with Gasteiger partial charge in [0.15, 0.2) is 0 Å². The van der Waals surface area contributed by atoms with Gasteiger partial charge in [0.25, 0.3) is 0 Å². The average Bonchev–Trinajstić information content (AvgIpc) is 3.35. The molecule has 0 radical (unpaired) electrons. The van der Waals surface area contributed by atoms with Crippen molar-refractivity contribution in [3.63, 3.8) is 0 Å². The molecular weight excluding hydrogens is 394 g/mol. The van der Waals surface area contributed by atoms with E-state index in [1.807, 2.05) is 18.2 Å². The molecular formula is C28H31N3O. The predicted molar refractivity (Wildman–Crippen MR) is 132 cm³/mol. The van der Waals surface area contributed by atoms with Crippen LogP contribution in [0.3, 0.4) is 0 Å². The van der Waals surface area contributed by atoms with Gasteiger partial charge in [0.2, 0.25) is 5.88 Å². The molecule has 0 amide bonds. The molecule has 1 aliphatic rings. The topological polar surface area (TPSA) is 41.3 Å². The maximum absolute atomic E-state index is 5.87. The highest BCUT2D eigenvalue weighted by molar-refractivity contribution is 5.85. The summed E-state index contributed by atoms with van der Waals surface area (Å²) >= 11 is 0. The second-order valence-electron chi connectivity index (χ2n) is 8.83. The van der Waals surface area contributed by atoms with Crippen LogP contribution in [0.25, 0.3) is 22.0 Å². The van der Waals surface area contributed by atoms with E-state index in [0.29, 0.717) is 0 Å². The Kier molecular flexibility index (Phi) is 6.50. The number of hydrogen-bond donors (Lipinski definition) is 1. The Bertz CT molecular complexity index is 1130. The number of benzene rings is 3. The largest absolute Gasteiger partial charge is 0.338 e. The van der Waals surface area contributed by atoms with Crippen molar-refractivity contribution in [1.82, 2.24) is 10.5 Å². The van der Waals surface area contributed by atoms with E-state index in [1.54, 1.807) is 0 Å². The first kappa shape index (κ1) is 20.8. The zero-order chi connectivity index (χ0) is 21.6. The molecule has 32 heavy (non-hydrogen) atoms. The molecule has 2 heterocycles. The summed E-state index contributed by atoms with van der Waals surface area (Å²) in [6.45, 7) is 4.10. The SMILES string of the molecule is c1ccc(-c2cc(N(CCCC3CCCNC3)Cc3cccc4ccccc34)on2)cc1. The number of fused-ring (bicyclic) bond motifs is 1. The molecule has 5 rings (SSSR count). The third-order valence-corrected chi connectivity index (χ3v) is 6.56. The van der Waals surface area contributed by atoms with E-state index in [2.05, 4.69) is 76.0 Å². The van der Waals surface area contributed by atoms with Crippen molar-refractivity contribution in [2.24, 2.45) is 5.92 Å². The van der Waals surface area contributed by atoms with E-state index in [1.165, 1.54) is 42.1 Å². The Morgan fingerprint density at radius 2 is 1.81 bits per heavy atom. The van der Waals surface area contributed by atoms with Crippen molar-refractivity contribution in [1.29, 1.82) is 0 Å². The van der Waals surface area contributed by atoms with Gasteiger partial charge < -0.3 is 14.7 Å². The summed E-state index contributed by atoms with van der Waals surface area (Å²) < 4.78 is 5.87. The molecule has 4 nitrogen and oxygen atoms in total. The van der Waals surface area contributed by atoms with Crippen LogP contribution >= 0.6 is 0 Å². The lowest BCUT2D eigenvalue weighted by molar-refractivity contribution is 0.348. The van der Waals surface area contributed by atoms with E-state index in [4.69, 9.17) is 4.52 Å². The molecule has 0 spiro atoms. The van der Waals surface area contributed by atoms with Crippen molar-refractivity contribution in [2.45, 2.75) is 32.2 Å². The van der Waals surface area contributed by atoms with Crippen molar-refractivity contribution >= 4 is 16.7 Å². The Morgan fingerprint density at radius 3 is 2.69 bits per heavy atom. The van der Waals surface area contributed by atoms with E-state index >= 15 is 0 Å². The number of hydrogen-bond acceptors (Lipinski definition) is 4. The number of rotatable bonds is 8. The minimum atomic E-state index is 0.790. The van der Waals surface area contributed by atoms with Gasteiger partial charge in [-0.1, -0.05) is 78.0 Å². The van der Waals surface area contributed by atoms with Gasteiger partial charge in [0.1, 0.15) is 5.69 Å². The molecule has 1 aromatic heterocycles. The van der Waals surface area contributed by atoms with Crippen LogP contribution in [0, 0.1) is 5.92 Å². The average molecular weight is 426 g/mol. The number of aromatic nitrogens is 1. The highest BCUT2D eigenvalue weighted by atomic mass is 16.5. The van der Waals surface area contributed by atoms with Crippen LogP contribution in [-0.4, -0.2) is 24.8 Å². The molecule has 4 heteroatoms. The molecule has 4 aromatic rings. The normalized spacial score (nSPS) is 16.3. The fraction of sp³-hybridized carbons (Fsp3) is 0.321. The lowest BCUT2D eigenvalue weighted by Gasteiger charge is -2.25. The number of piperidine rings is 1. The highest BCUT2D eigenvalue weighted by Crippen LogP contribution is 2.28. The second-order valence-corrected chi connectivity index (χ2v) is 8.83. The standard InChI is InChI=1S/C28H31N3O/c1-2-12-24(13-3-1)27-19-28(32-30-27)31(18-8-10-22-9-7-17-29-20-22)21-25-15-6-14-23-11-4-5-16-26(23)25/h1-6,11-16,19,22,29H,7-10,17-18,20-21H2. The van der Waals surface area contributed by atoms with Crippen molar-refractivity contribution < 1.29 is 4.52 Å². The van der Waals surface area contributed by atoms with Crippen LogP contribution in [0.4, 0.5) is 5.88 Å². The maximum atomic E-state index is 5.87. The summed E-state index contributed by atoms with van der Waals surface area (Å²) in [6.07, 6.45) is 5.04. The zero-order valence-electron chi connectivity index (χ0n) is 18.5. The molecule has 1 aliphatic heterocycles. The van der Waals surface area contributed by atoms with Gasteiger partial charge >= 0.3 is 0 Å². The molecule has 164 valence electrons. The molecule has 0 bridgehead atoms. The van der Waals surface area contributed by atoms with Gasteiger partial charge in [-0.05, 0) is 61.0 Å². The predicted octanol–water partition coefficient (Wildman–Crippen LogP) is 6.28. The van der Waals surface area contributed by atoms with E-state index < -0.39 is 0 Å². The Hall–Kier alpha value is -3.11. The van der Waals surface area contributed by atoms with Gasteiger partial charge in [-0.25, -0.2) is 0 Å². The van der Waals surface area contributed by atoms with Crippen molar-refractivity contribution in [3.8, 4) is 11.3 Å². The minimum Gasteiger partial charge on any atom is -0.338 e. The van der Waals surface area contributed by atoms with Crippen molar-refractivity contribution in [2.75, 3.05) is 24.5 Å². The fourth-order valence-electron chi connectivity index (χ4n) is 4.80. The van der Waals surface area contributed by atoms with Crippen LogP contribution in [0.5, 0.6) is 0 Å². The van der Waals surface area contributed by atoms with E-state index in [0.717, 1.165) is 49.1 Å². The first-order chi connectivity index (χ1) is 15.9. The Morgan fingerprint density at radius 1 is 0.969 bits per heavy atom. The second kappa shape index (κ2) is 10.0. The number of anilines is 1. The van der Waals surface area contributed by atoms with Crippen LogP contribution in [0.2, 0.25) is 0 Å².